The van der Waals surface area contributed by atoms with Crippen molar-refractivity contribution >= 4 is 23.2 Å². The normalized spacial score (nSPS) is 12.3. The second kappa shape index (κ2) is 8.70. The summed E-state index contributed by atoms with van der Waals surface area (Å²) in [5, 5.41) is 23.4. The van der Waals surface area contributed by atoms with Gasteiger partial charge in [0.05, 0.1) is 19.3 Å². The lowest BCUT2D eigenvalue weighted by Gasteiger charge is -2.08. The highest BCUT2D eigenvalue weighted by atomic mass is 35.5. The van der Waals surface area contributed by atoms with Crippen LogP contribution in [0.1, 0.15) is 23.4 Å². The van der Waals surface area contributed by atoms with Gasteiger partial charge in [-0.1, -0.05) is 40.5 Å². The second-order valence-electron chi connectivity index (χ2n) is 5.94. The molecule has 0 saturated carbocycles. The first-order valence-corrected chi connectivity index (χ1v) is 9.00. The Morgan fingerprint density at radius 2 is 1.89 bits per heavy atom. The predicted molar refractivity (Wildman–Crippen MR) is 101 cm³/mol. The van der Waals surface area contributed by atoms with E-state index in [1.54, 1.807) is 24.3 Å². The van der Waals surface area contributed by atoms with Gasteiger partial charge in [-0.3, -0.25) is 9.36 Å². The van der Waals surface area contributed by atoms with Crippen LogP contribution >= 0.6 is 23.2 Å². The molecule has 0 spiro atoms. The Bertz CT molecular complexity index is 1070. The van der Waals surface area contributed by atoms with Gasteiger partial charge in [0.2, 0.25) is 5.89 Å². The first kappa shape index (κ1) is 20.3. The maximum atomic E-state index is 12.3. The molecule has 28 heavy (non-hydrogen) atoms. The van der Waals surface area contributed by atoms with Crippen molar-refractivity contribution in [1.82, 2.24) is 19.3 Å². The molecule has 0 radical (unpaired) electrons. The Kier molecular flexibility index (Phi) is 6.30. The van der Waals surface area contributed by atoms with Crippen molar-refractivity contribution in [2.45, 2.75) is 25.6 Å². The van der Waals surface area contributed by atoms with Gasteiger partial charge < -0.3 is 14.7 Å². The van der Waals surface area contributed by atoms with Crippen LogP contribution < -0.4 is 11.2 Å². The highest BCUT2D eigenvalue weighted by Gasteiger charge is 2.17. The number of hydrogen-bond acceptors (Lipinski definition) is 7. The van der Waals surface area contributed by atoms with Crippen LogP contribution in [-0.2, 0) is 19.5 Å². The summed E-state index contributed by atoms with van der Waals surface area (Å²) in [6.07, 6.45) is 0.365. The molecule has 0 aliphatic rings. The topological polar surface area (TPSA) is 123 Å². The number of hydrogen-bond donors (Lipinski definition) is 2. The van der Waals surface area contributed by atoms with Crippen LogP contribution in [-0.4, -0.2) is 36.1 Å². The Labute approximate surface area is 168 Å². The molecule has 9 nitrogen and oxygen atoms in total. The first-order chi connectivity index (χ1) is 13.4. The van der Waals surface area contributed by atoms with Crippen LogP contribution in [0.3, 0.4) is 0 Å². The van der Waals surface area contributed by atoms with E-state index in [-0.39, 0.29) is 42.9 Å². The standard InChI is InChI=1S/C17H16Cl2N4O5/c18-11-3-1-10(2-4-11)13(25)7-14-20-15(28-21-14)9-23-16(26)12(19)8-22(5-6-24)17(23)27/h1-4,8,13,24-25H,5-7,9H2/t13-/m0/s1. The van der Waals surface area contributed by atoms with Gasteiger partial charge in [-0.2, -0.15) is 4.98 Å². The molecule has 2 heterocycles. The van der Waals surface area contributed by atoms with Gasteiger partial charge >= 0.3 is 5.69 Å². The monoisotopic (exact) mass is 426 g/mol. The molecule has 148 valence electrons. The number of aromatic nitrogens is 4. The molecule has 2 aromatic heterocycles. The molecule has 0 unspecified atom stereocenters. The van der Waals surface area contributed by atoms with Gasteiger partial charge in [-0.25, -0.2) is 9.36 Å². The van der Waals surface area contributed by atoms with Crippen LogP contribution in [0.4, 0.5) is 0 Å². The van der Waals surface area contributed by atoms with Gasteiger partial charge in [0.15, 0.2) is 5.82 Å². The smallest absolute Gasteiger partial charge is 0.331 e. The minimum atomic E-state index is -0.876. The zero-order valence-electron chi connectivity index (χ0n) is 14.5. The van der Waals surface area contributed by atoms with Crippen molar-refractivity contribution in [2.75, 3.05) is 6.61 Å². The molecular formula is C17H16Cl2N4O5. The quantitative estimate of drug-likeness (QED) is 0.577. The summed E-state index contributed by atoms with van der Waals surface area (Å²) in [4.78, 5) is 28.6. The fourth-order valence-electron chi connectivity index (χ4n) is 2.57. The van der Waals surface area contributed by atoms with Crippen molar-refractivity contribution < 1.29 is 14.7 Å². The lowest BCUT2D eigenvalue weighted by atomic mass is 10.1. The van der Waals surface area contributed by atoms with Gasteiger partial charge in [-0.15, -0.1) is 0 Å². The van der Waals surface area contributed by atoms with E-state index in [4.69, 9.17) is 32.8 Å². The molecule has 11 heteroatoms. The van der Waals surface area contributed by atoms with Crippen molar-refractivity contribution in [3.8, 4) is 0 Å². The average Bonchev–Trinajstić information content (AvgIpc) is 3.11. The number of aliphatic hydroxyl groups excluding tert-OH is 2. The molecule has 0 bridgehead atoms. The number of rotatable bonds is 7. The Morgan fingerprint density at radius 3 is 2.57 bits per heavy atom. The van der Waals surface area contributed by atoms with Crippen LogP contribution in [0, 0.1) is 0 Å². The summed E-state index contributed by atoms with van der Waals surface area (Å²) >= 11 is 11.7. The molecule has 3 aromatic rings. The summed E-state index contributed by atoms with van der Waals surface area (Å²) in [5.74, 6) is 0.221. The summed E-state index contributed by atoms with van der Waals surface area (Å²) in [7, 11) is 0. The van der Waals surface area contributed by atoms with Crippen molar-refractivity contribution in [2.24, 2.45) is 0 Å². The molecule has 1 aromatic carbocycles. The number of aliphatic hydroxyl groups is 2. The predicted octanol–water partition coefficient (Wildman–Crippen LogP) is 1.02. The zero-order valence-corrected chi connectivity index (χ0v) is 16.0. The molecular weight excluding hydrogens is 411 g/mol. The van der Waals surface area contributed by atoms with Crippen LogP contribution in [0.2, 0.25) is 10.0 Å². The third kappa shape index (κ3) is 4.50. The van der Waals surface area contributed by atoms with Gasteiger partial charge in [-0.05, 0) is 17.7 Å². The maximum Gasteiger partial charge on any atom is 0.331 e. The Balaban J connectivity index is 1.79. The molecule has 0 fully saturated rings. The van der Waals surface area contributed by atoms with Crippen molar-refractivity contribution in [1.29, 1.82) is 0 Å². The first-order valence-electron chi connectivity index (χ1n) is 8.24. The lowest BCUT2D eigenvalue weighted by Crippen LogP contribution is -2.40. The van der Waals surface area contributed by atoms with Crippen LogP contribution in [0.15, 0.2) is 44.6 Å². The van der Waals surface area contributed by atoms with E-state index in [0.717, 1.165) is 9.13 Å². The van der Waals surface area contributed by atoms with E-state index in [1.165, 1.54) is 6.20 Å². The minimum absolute atomic E-state index is 0.00956. The minimum Gasteiger partial charge on any atom is -0.395 e. The van der Waals surface area contributed by atoms with Crippen LogP contribution in [0.25, 0.3) is 0 Å². The third-order valence-corrected chi connectivity index (χ3v) is 4.48. The largest absolute Gasteiger partial charge is 0.395 e. The molecule has 0 aliphatic carbocycles. The number of benzene rings is 1. The molecule has 2 N–H and O–H groups in total. The van der Waals surface area contributed by atoms with Crippen molar-refractivity contribution in [3.05, 3.63) is 78.6 Å². The maximum absolute atomic E-state index is 12.3. The fourth-order valence-corrected chi connectivity index (χ4v) is 2.92. The highest BCUT2D eigenvalue weighted by Crippen LogP contribution is 2.19. The number of nitrogens with zero attached hydrogens (tertiary/aromatic N) is 4. The third-order valence-electron chi connectivity index (χ3n) is 3.97. The second-order valence-corrected chi connectivity index (χ2v) is 6.79. The van der Waals surface area contributed by atoms with Crippen molar-refractivity contribution in [3.63, 3.8) is 0 Å². The summed E-state index contributed by atoms with van der Waals surface area (Å²) in [5.41, 5.74) is -0.736. The van der Waals surface area contributed by atoms with Gasteiger partial charge in [0.25, 0.3) is 5.56 Å². The Hall–Kier alpha value is -2.46. The van der Waals surface area contributed by atoms with Crippen LogP contribution in [0.5, 0.6) is 0 Å². The van der Waals surface area contributed by atoms with E-state index in [0.29, 0.717) is 10.6 Å². The number of halogens is 2. The van der Waals surface area contributed by atoms with Gasteiger partial charge in [0, 0.05) is 17.6 Å². The van der Waals surface area contributed by atoms with E-state index >= 15 is 0 Å². The summed E-state index contributed by atoms with van der Waals surface area (Å²) in [6, 6.07) is 6.68. The summed E-state index contributed by atoms with van der Waals surface area (Å²) < 4.78 is 7.04. The lowest BCUT2D eigenvalue weighted by molar-refractivity contribution is 0.174. The van der Waals surface area contributed by atoms with Gasteiger partial charge in [0.1, 0.15) is 11.6 Å². The van der Waals surface area contributed by atoms with E-state index in [1.807, 2.05) is 0 Å². The zero-order chi connectivity index (χ0) is 20.3. The summed E-state index contributed by atoms with van der Waals surface area (Å²) in [6.45, 7) is -0.587. The highest BCUT2D eigenvalue weighted by molar-refractivity contribution is 6.30. The van der Waals surface area contributed by atoms with E-state index in [2.05, 4.69) is 10.1 Å². The van der Waals surface area contributed by atoms with E-state index in [9.17, 15) is 14.7 Å². The fraction of sp³-hybridized carbons (Fsp3) is 0.294. The van der Waals surface area contributed by atoms with E-state index < -0.39 is 17.4 Å². The molecule has 0 saturated heterocycles. The molecule has 3 rings (SSSR count). The molecule has 0 amide bonds. The Morgan fingerprint density at radius 1 is 1.18 bits per heavy atom. The molecule has 0 aliphatic heterocycles. The SMILES string of the molecule is O=c1c(Cl)cn(CCO)c(=O)n1Cc1nc(C[C@H](O)c2ccc(Cl)cc2)no1. The molecule has 1 atom stereocenters. The average molecular weight is 427 g/mol.